The van der Waals surface area contributed by atoms with Gasteiger partial charge < -0.3 is 14.3 Å². The summed E-state index contributed by atoms with van der Waals surface area (Å²) >= 11 is 0. The molecule has 5 rings (SSSR count). The van der Waals surface area contributed by atoms with Crippen molar-refractivity contribution in [3.05, 3.63) is 29.8 Å². The molecule has 1 unspecified atom stereocenters. The molecule has 1 aromatic carbocycles. The van der Waals surface area contributed by atoms with E-state index in [4.69, 9.17) is 9.15 Å². The second-order valence-electron chi connectivity index (χ2n) is 6.11. The lowest BCUT2D eigenvalue weighted by Crippen LogP contribution is -2.56. The van der Waals surface area contributed by atoms with E-state index in [1.165, 1.54) is 19.2 Å². The molecule has 1 N–H and O–H groups in total. The molecule has 0 amide bonds. The summed E-state index contributed by atoms with van der Waals surface area (Å²) in [5, 5.41) is 11.7. The highest BCUT2D eigenvalue weighted by Gasteiger charge is 2.48. The van der Waals surface area contributed by atoms with Crippen LogP contribution in [0.1, 0.15) is 18.6 Å². The zero-order valence-corrected chi connectivity index (χ0v) is 11.9. The van der Waals surface area contributed by atoms with E-state index in [1.54, 1.807) is 6.07 Å². The lowest BCUT2D eigenvalue weighted by atomic mass is 9.74. The van der Waals surface area contributed by atoms with Gasteiger partial charge in [-0.05, 0) is 44.0 Å². The average Bonchev–Trinajstić information content (AvgIpc) is 2.92. The zero-order chi connectivity index (χ0) is 14.6. The van der Waals surface area contributed by atoms with Gasteiger partial charge in [0.15, 0.2) is 11.3 Å². The van der Waals surface area contributed by atoms with Gasteiger partial charge in [0.2, 0.25) is 0 Å². The molecule has 3 aliphatic heterocycles. The summed E-state index contributed by atoms with van der Waals surface area (Å²) < 4.78 is 24.6. The number of ether oxygens (including phenoxy) is 1. The van der Waals surface area contributed by atoms with Crippen LogP contribution in [0.5, 0.6) is 5.75 Å². The normalized spacial score (nSPS) is 31.8. The summed E-state index contributed by atoms with van der Waals surface area (Å²) in [6, 6.07) is 4.47. The van der Waals surface area contributed by atoms with Crippen LogP contribution >= 0.6 is 0 Å². The fraction of sp³-hybridized carbons (Fsp3) is 0.500. The molecule has 0 radical (unpaired) electrons. The molecule has 4 nitrogen and oxygen atoms in total. The maximum atomic E-state index is 13.6. The van der Waals surface area contributed by atoms with Crippen molar-refractivity contribution in [1.29, 1.82) is 0 Å². The molecule has 21 heavy (non-hydrogen) atoms. The number of rotatable bonds is 2. The minimum absolute atomic E-state index is 0.207. The van der Waals surface area contributed by atoms with Crippen LogP contribution in [0.15, 0.2) is 22.6 Å². The molecule has 112 valence electrons. The van der Waals surface area contributed by atoms with Crippen molar-refractivity contribution in [2.75, 3.05) is 26.7 Å². The first-order valence-electron chi connectivity index (χ1n) is 7.32. The number of methoxy groups -OCH3 is 1. The number of furan rings is 1. The summed E-state index contributed by atoms with van der Waals surface area (Å²) in [6.45, 7) is 2.65. The van der Waals surface area contributed by atoms with E-state index >= 15 is 0 Å². The highest BCUT2D eigenvalue weighted by Crippen LogP contribution is 2.45. The first kappa shape index (κ1) is 13.1. The van der Waals surface area contributed by atoms with Gasteiger partial charge in [-0.25, -0.2) is 4.39 Å². The topological polar surface area (TPSA) is 45.8 Å². The predicted octanol–water partition coefficient (Wildman–Crippen LogP) is 2.49. The number of benzene rings is 1. The molecule has 0 aliphatic carbocycles. The summed E-state index contributed by atoms with van der Waals surface area (Å²) in [4.78, 5) is 2.25. The quantitative estimate of drug-likeness (QED) is 0.923. The van der Waals surface area contributed by atoms with Crippen molar-refractivity contribution in [3.63, 3.8) is 0 Å². The average molecular weight is 291 g/mol. The molecule has 3 fully saturated rings. The van der Waals surface area contributed by atoms with Gasteiger partial charge in [-0.15, -0.1) is 0 Å². The van der Waals surface area contributed by atoms with Crippen molar-refractivity contribution >= 4 is 11.0 Å². The van der Waals surface area contributed by atoms with Gasteiger partial charge in [-0.3, -0.25) is 4.90 Å². The third kappa shape index (κ3) is 1.88. The van der Waals surface area contributed by atoms with E-state index in [0.717, 1.165) is 25.9 Å². The maximum absolute atomic E-state index is 13.6. The standard InChI is InChI=1S/C16H18FNO3/c1-20-13-8-12(17)6-10-7-14(21-15(10)13)16(19)9-18-4-2-11(16)3-5-18/h6-8,11,19H,2-5,9H2,1H3. The molecule has 1 aromatic heterocycles. The van der Waals surface area contributed by atoms with Crippen LogP contribution in [-0.2, 0) is 5.60 Å². The van der Waals surface area contributed by atoms with E-state index in [9.17, 15) is 9.50 Å². The van der Waals surface area contributed by atoms with Crippen molar-refractivity contribution in [2.45, 2.75) is 18.4 Å². The molecule has 1 atom stereocenters. The minimum atomic E-state index is -0.975. The largest absolute Gasteiger partial charge is 0.493 e. The monoisotopic (exact) mass is 291 g/mol. The third-order valence-electron chi connectivity index (χ3n) is 4.92. The number of piperidine rings is 3. The Hall–Kier alpha value is -1.59. The van der Waals surface area contributed by atoms with Gasteiger partial charge in [0.05, 0.1) is 7.11 Å². The lowest BCUT2D eigenvalue weighted by molar-refractivity contribution is -0.128. The Labute approximate surface area is 122 Å². The molecule has 0 spiro atoms. The Morgan fingerprint density at radius 3 is 2.71 bits per heavy atom. The van der Waals surface area contributed by atoms with E-state index in [-0.39, 0.29) is 11.7 Å². The van der Waals surface area contributed by atoms with Crippen LogP contribution in [-0.4, -0.2) is 36.8 Å². The van der Waals surface area contributed by atoms with Gasteiger partial charge in [-0.2, -0.15) is 0 Å². The Bertz CT molecular complexity index is 690. The van der Waals surface area contributed by atoms with Crippen molar-refractivity contribution < 1.29 is 18.7 Å². The van der Waals surface area contributed by atoms with Crippen LogP contribution in [0, 0.1) is 11.7 Å². The van der Waals surface area contributed by atoms with Gasteiger partial charge in [0.1, 0.15) is 17.2 Å². The molecular formula is C16H18FNO3. The van der Waals surface area contributed by atoms with Gasteiger partial charge in [-0.1, -0.05) is 0 Å². The molecule has 3 saturated heterocycles. The van der Waals surface area contributed by atoms with Crippen molar-refractivity contribution in [3.8, 4) is 5.75 Å². The van der Waals surface area contributed by atoms with Crippen LogP contribution in [0.3, 0.4) is 0 Å². The van der Waals surface area contributed by atoms with Gasteiger partial charge in [0.25, 0.3) is 0 Å². The highest BCUT2D eigenvalue weighted by atomic mass is 19.1. The summed E-state index contributed by atoms with van der Waals surface area (Å²) in [5.74, 6) is 0.725. The van der Waals surface area contributed by atoms with Crippen molar-refractivity contribution in [2.24, 2.45) is 5.92 Å². The second-order valence-corrected chi connectivity index (χ2v) is 6.11. The Kier molecular flexibility index (Phi) is 2.78. The van der Waals surface area contributed by atoms with Gasteiger partial charge >= 0.3 is 0 Å². The van der Waals surface area contributed by atoms with Gasteiger partial charge in [0, 0.05) is 18.0 Å². The predicted molar refractivity (Wildman–Crippen MR) is 75.8 cm³/mol. The number of fused-ring (bicyclic) bond motifs is 4. The second kappa shape index (κ2) is 4.45. The van der Waals surface area contributed by atoms with Crippen LogP contribution < -0.4 is 4.74 Å². The summed E-state index contributed by atoms with van der Waals surface area (Å²) in [6.07, 6.45) is 1.94. The minimum Gasteiger partial charge on any atom is -0.493 e. The SMILES string of the molecule is COc1cc(F)cc2cc(C3(O)CN4CCC3CC4)oc12. The number of nitrogens with zero attached hydrogens (tertiary/aromatic N) is 1. The summed E-state index contributed by atoms with van der Waals surface area (Å²) in [7, 11) is 1.49. The highest BCUT2D eigenvalue weighted by molar-refractivity contribution is 5.84. The van der Waals surface area contributed by atoms with Crippen LogP contribution in [0.2, 0.25) is 0 Å². The zero-order valence-electron chi connectivity index (χ0n) is 11.9. The third-order valence-corrected chi connectivity index (χ3v) is 4.92. The van der Waals surface area contributed by atoms with Crippen molar-refractivity contribution in [1.82, 2.24) is 4.90 Å². The number of halogens is 1. The van der Waals surface area contributed by atoms with E-state index < -0.39 is 5.60 Å². The van der Waals surface area contributed by atoms with Crippen LogP contribution in [0.25, 0.3) is 11.0 Å². The molecular weight excluding hydrogens is 273 g/mol. The number of aliphatic hydroxyl groups is 1. The van der Waals surface area contributed by atoms with E-state index in [0.29, 0.717) is 29.0 Å². The summed E-state index contributed by atoms with van der Waals surface area (Å²) in [5.41, 5.74) is -0.476. The fourth-order valence-electron chi connectivity index (χ4n) is 3.77. The number of hydrogen-bond acceptors (Lipinski definition) is 4. The van der Waals surface area contributed by atoms with E-state index in [1.807, 2.05) is 0 Å². The van der Waals surface area contributed by atoms with Crippen LogP contribution in [0.4, 0.5) is 4.39 Å². The Morgan fingerprint density at radius 1 is 1.33 bits per heavy atom. The lowest BCUT2D eigenvalue weighted by Gasteiger charge is -2.49. The molecule has 4 heterocycles. The Balaban J connectivity index is 1.84. The first-order valence-corrected chi connectivity index (χ1v) is 7.32. The maximum Gasteiger partial charge on any atom is 0.176 e. The molecule has 2 aromatic rings. The van der Waals surface area contributed by atoms with E-state index in [2.05, 4.69) is 4.90 Å². The first-order chi connectivity index (χ1) is 10.1. The molecule has 3 aliphatic rings. The number of hydrogen-bond donors (Lipinski definition) is 1. The smallest absolute Gasteiger partial charge is 0.176 e. The molecule has 2 bridgehead atoms. The molecule has 0 saturated carbocycles. The Morgan fingerprint density at radius 2 is 2.10 bits per heavy atom. The molecule has 5 heteroatoms. The fourth-order valence-corrected chi connectivity index (χ4v) is 3.77.